The van der Waals surface area contributed by atoms with Crippen molar-refractivity contribution in [1.82, 2.24) is 9.97 Å². The number of alkyl halides is 1. The summed E-state index contributed by atoms with van der Waals surface area (Å²) in [5.41, 5.74) is 0. The predicted molar refractivity (Wildman–Crippen MR) is 76.7 cm³/mol. The van der Waals surface area contributed by atoms with Crippen molar-refractivity contribution in [1.29, 1.82) is 0 Å². The van der Waals surface area contributed by atoms with Crippen molar-refractivity contribution in [3.8, 4) is 5.88 Å². The maximum absolute atomic E-state index is 5.48. The predicted octanol–water partition coefficient (Wildman–Crippen LogP) is 2.80. The average Bonchev–Trinajstić information content (AvgIpc) is 2.78. The summed E-state index contributed by atoms with van der Waals surface area (Å²) in [7, 11) is 0. The number of aryl methyl sites for hydroxylation is 1. The summed E-state index contributed by atoms with van der Waals surface area (Å²) in [6, 6.07) is 1.95. The van der Waals surface area contributed by atoms with E-state index in [0.717, 1.165) is 36.0 Å². The van der Waals surface area contributed by atoms with Crippen molar-refractivity contribution >= 4 is 21.7 Å². The Hall–Kier alpha value is -0.840. The zero-order valence-electron chi connectivity index (χ0n) is 11.0. The summed E-state index contributed by atoms with van der Waals surface area (Å²) in [5.74, 6) is 3.24. The molecule has 0 N–H and O–H groups in total. The van der Waals surface area contributed by atoms with Gasteiger partial charge in [-0.05, 0) is 32.6 Å². The molecular formula is C13H20BrN3O. The summed E-state index contributed by atoms with van der Waals surface area (Å²) < 4.78 is 5.48. The number of anilines is 1. The van der Waals surface area contributed by atoms with E-state index >= 15 is 0 Å². The van der Waals surface area contributed by atoms with Gasteiger partial charge in [-0.2, -0.15) is 4.98 Å². The van der Waals surface area contributed by atoms with Gasteiger partial charge in [-0.1, -0.05) is 15.9 Å². The second-order valence-electron chi connectivity index (χ2n) is 4.62. The first-order chi connectivity index (χ1) is 8.72. The van der Waals surface area contributed by atoms with Crippen molar-refractivity contribution < 1.29 is 4.74 Å². The molecule has 1 atom stereocenters. The molecule has 5 heteroatoms. The van der Waals surface area contributed by atoms with E-state index < -0.39 is 0 Å². The highest BCUT2D eigenvalue weighted by molar-refractivity contribution is 9.09. The van der Waals surface area contributed by atoms with Gasteiger partial charge in [0.1, 0.15) is 11.6 Å². The molecule has 1 saturated heterocycles. The van der Waals surface area contributed by atoms with Crippen molar-refractivity contribution in [2.45, 2.75) is 26.7 Å². The molecule has 0 spiro atoms. The highest BCUT2D eigenvalue weighted by Crippen LogP contribution is 2.26. The Morgan fingerprint density at radius 3 is 3.06 bits per heavy atom. The summed E-state index contributed by atoms with van der Waals surface area (Å²) in [4.78, 5) is 11.1. The number of aromatic nitrogens is 2. The van der Waals surface area contributed by atoms with Gasteiger partial charge >= 0.3 is 0 Å². The fourth-order valence-corrected chi connectivity index (χ4v) is 2.99. The summed E-state index contributed by atoms with van der Waals surface area (Å²) in [6.45, 7) is 6.70. The molecule has 0 saturated carbocycles. The average molecular weight is 314 g/mol. The molecule has 18 heavy (non-hydrogen) atoms. The molecule has 1 fully saturated rings. The second kappa shape index (κ2) is 6.36. The van der Waals surface area contributed by atoms with Crippen LogP contribution in [0.5, 0.6) is 5.88 Å². The normalized spacial score (nSPS) is 19.3. The van der Waals surface area contributed by atoms with Crippen molar-refractivity contribution in [3.05, 3.63) is 11.9 Å². The monoisotopic (exact) mass is 313 g/mol. The summed E-state index contributed by atoms with van der Waals surface area (Å²) in [6.07, 6.45) is 2.48. The lowest BCUT2D eigenvalue weighted by molar-refractivity contribution is 0.325. The fraction of sp³-hybridized carbons (Fsp3) is 0.692. The molecule has 1 unspecified atom stereocenters. The van der Waals surface area contributed by atoms with E-state index in [0.29, 0.717) is 12.5 Å². The van der Waals surface area contributed by atoms with Crippen molar-refractivity contribution in [2.24, 2.45) is 5.92 Å². The third-order valence-corrected chi connectivity index (χ3v) is 3.68. The quantitative estimate of drug-likeness (QED) is 0.783. The molecule has 0 amide bonds. The van der Waals surface area contributed by atoms with E-state index in [2.05, 4.69) is 30.8 Å². The van der Waals surface area contributed by atoms with Crippen molar-refractivity contribution in [2.75, 3.05) is 29.9 Å². The first-order valence-corrected chi connectivity index (χ1v) is 7.64. The second-order valence-corrected chi connectivity index (χ2v) is 5.42. The first kappa shape index (κ1) is 13.6. The van der Waals surface area contributed by atoms with Crippen LogP contribution in [0.1, 0.15) is 25.6 Å². The Labute approximate surface area is 117 Å². The van der Waals surface area contributed by atoms with Crippen LogP contribution in [-0.4, -0.2) is 35.0 Å². The maximum atomic E-state index is 5.48. The molecule has 0 aliphatic carbocycles. The molecule has 1 aliphatic rings. The van der Waals surface area contributed by atoms with Gasteiger partial charge in [-0.25, -0.2) is 4.98 Å². The third kappa shape index (κ3) is 3.34. The number of halogens is 1. The molecule has 0 aromatic carbocycles. The number of nitrogens with zero attached hydrogens (tertiary/aromatic N) is 3. The van der Waals surface area contributed by atoms with Crippen LogP contribution in [0.25, 0.3) is 0 Å². The number of hydrogen-bond acceptors (Lipinski definition) is 4. The zero-order chi connectivity index (χ0) is 13.0. The van der Waals surface area contributed by atoms with Crippen LogP contribution in [0.2, 0.25) is 0 Å². The lowest BCUT2D eigenvalue weighted by Gasteiger charge is -2.18. The van der Waals surface area contributed by atoms with E-state index in [-0.39, 0.29) is 0 Å². The lowest BCUT2D eigenvalue weighted by Crippen LogP contribution is -2.21. The fourth-order valence-electron chi connectivity index (χ4n) is 2.34. The third-order valence-electron chi connectivity index (χ3n) is 3.22. The number of ether oxygens (including phenoxy) is 1. The molecule has 100 valence electrons. The Kier molecular flexibility index (Phi) is 4.80. The minimum absolute atomic E-state index is 0.641. The standard InChI is InChI=1S/C13H20BrN3O/c1-3-18-13-8-12(15-10(2)16-13)17-7-5-11(9-17)4-6-14/h8,11H,3-7,9H2,1-2H3. The van der Waals surface area contributed by atoms with E-state index in [1.165, 1.54) is 12.8 Å². The van der Waals surface area contributed by atoms with Gasteiger partial charge in [0.2, 0.25) is 5.88 Å². The van der Waals surface area contributed by atoms with Gasteiger partial charge < -0.3 is 9.64 Å². The van der Waals surface area contributed by atoms with Gasteiger partial charge in [0.15, 0.2) is 0 Å². The van der Waals surface area contributed by atoms with Crippen molar-refractivity contribution in [3.63, 3.8) is 0 Å². The molecule has 2 rings (SSSR count). The van der Waals surface area contributed by atoms with Crippen LogP contribution >= 0.6 is 15.9 Å². The van der Waals surface area contributed by atoms with Crippen LogP contribution in [0.3, 0.4) is 0 Å². The SMILES string of the molecule is CCOc1cc(N2CCC(CCBr)C2)nc(C)n1. The molecule has 0 bridgehead atoms. The van der Waals surface area contributed by atoms with Crippen LogP contribution in [0.15, 0.2) is 6.07 Å². The molecule has 2 heterocycles. The van der Waals surface area contributed by atoms with E-state index in [4.69, 9.17) is 4.74 Å². The molecule has 4 nitrogen and oxygen atoms in total. The van der Waals surface area contributed by atoms with Crippen LogP contribution in [0.4, 0.5) is 5.82 Å². The van der Waals surface area contributed by atoms with Gasteiger partial charge in [0, 0.05) is 24.5 Å². The number of hydrogen-bond donors (Lipinski definition) is 0. The van der Waals surface area contributed by atoms with Gasteiger partial charge in [-0.3, -0.25) is 0 Å². The van der Waals surface area contributed by atoms with E-state index in [1.807, 2.05) is 19.9 Å². The van der Waals surface area contributed by atoms with E-state index in [1.54, 1.807) is 0 Å². The Morgan fingerprint density at radius 2 is 2.33 bits per heavy atom. The van der Waals surface area contributed by atoms with Crippen LogP contribution in [-0.2, 0) is 0 Å². The molecule has 0 radical (unpaired) electrons. The van der Waals surface area contributed by atoms with Crippen LogP contribution < -0.4 is 9.64 Å². The Morgan fingerprint density at radius 1 is 1.50 bits per heavy atom. The zero-order valence-corrected chi connectivity index (χ0v) is 12.6. The largest absolute Gasteiger partial charge is 0.478 e. The Balaban J connectivity index is 2.08. The van der Waals surface area contributed by atoms with Crippen LogP contribution in [0, 0.1) is 12.8 Å². The van der Waals surface area contributed by atoms with Gasteiger partial charge in [0.25, 0.3) is 0 Å². The smallest absolute Gasteiger partial charge is 0.218 e. The minimum atomic E-state index is 0.641. The number of rotatable bonds is 5. The van der Waals surface area contributed by atoms with Gasteiger partial charge in [0.05, 0.1) is 6.61 Å². The highest BCUT2D eigenvalue weighted by Gasteiger charge is 2.23. The highest BCUT2D eigenvalue weighted by atomic mass is 79.9. The van der Waals surface area contributed by atoms with Gasteiger partial charge in [-0.15, -0.1) is 0 Å². The molecule has 1 aromatic rings. The summed E-state index contributed by atoms with van der Waals surface area (Å²) in [5, 5.41) is 1.08. The topological polar surface area (TPSA) is 38.2 Å². The molecular weight excluding hydrogens is 294 g/mol. The lowest BCUT2D eigenvalue weighted by atomic mass is 10.1. The maximum Gasteiger partial charge on any atom is 0.218 e. The first-order valence-electron chi connectivity index (χ1n) is 6.52. The van der Waals surface area contributed by atoms with E-state index in [9.17, 15) is 0 Å². The summed E-state index contributed by atoms with van der Waals surface area (Å²) >= 11 is 3.52. The Bertz CT molecular complexity index is 400. The molecule has 1 aliphatic heterocycles. The molecule has 1 aromatic heterocycles. The minimum Gasteiger partial charge on any atom is -0.478 e.